The predicted octanol–water partition coefficient (Wildman–Crippen LogP) is 5.94. The van der Waals surface area contributed by atoms with Gasteiger partial charge in [0.05, 0.1) is 28.9 Å². The molecule has 2 heterocycles. The van der Waals surface area contributed by atoms with Crippen LogP contribution in [0.25, 0.3) is 0 Å². The van der Waals surface area contributed by atoms with Crippen LogP contribution in [0.5, 0.6) is 0 Å². The summed E-state index contributed by atoms with van der Waals surface area (Å²) in [5.74, 6) is -0.807. The van der Waals surface area contributed by atoms with Crippen LogP contribution in [-0.2, 0) is 15.7 Å². The van der Waals surface area contributed by atoms with Gasteiger partial charge in [0, 0.05) is 49.4 Å². The normalized spacial score (nSPS) is 19.3. The lowest BCUT2D eigenvalue weighted by Gasteiger charge is -2.41. The van der Waals surface area contributed by atoms with E-state index in [0.717, 1.165) is 17.0 Å². The molecule has 242 valence electrons. The molecule has 2 aromatic rings. The number of likely N-dealkylation sites (N-methyl/N-ethyl adjacent to an activating group) is 1. The molecule has 0 radical (unpaired) electrons. The first-order valence-electron chi connectivity index (χ1n) is 14.9. The van der Waals surface area contributed by atoms with Gasteiger partial charge in [0.25, 0.3) is 5.91 Å². The predicted molar refractivity (Wildman–Crippen MR) is 161 cm³/mol. The lowest BCUT2D eigenvalue weighted by Crippen LogP contribution is -2.49. The molecule has 2 aromatic carbocycles. The van der Waals surface area contributed by atoms with Gasteiger partial charge >= 0.3 is 18.3 Å². The van der Waals surface area contributed by atoms with E-state index in [1.54, 1.807) is 25.7 Å². The van der Waals surface area contributed by atoms with E-state index in [1.807, 2.05) is 6.07 Å². The average Bonchev–Trinajstić information content (AvgIpc) is 3.37. The molecule has 1 aliphatic carbocycles. The number of allylic oxidation sites excluding steroid dienone is 1. The van der Waals surface area contributed by atoms with E-state index in [-0.39, 0.29) is 52.8 Å². The summed E-state index contributed by atoms with van der Waals surface area (Å²) >= 11 is 0. The molecule has 0 saturated carbocycles. The Morgan fingerprint density at radius 3 is 2.35 bits per heavy atom. The number of anilines is 1. The molecule has 10 nitrogen and oxygen atoms in total. The van der Waals surface area contributed by atoms with E-state index < -0.39 is 41.4 Å². The number of benzene rings is 2. The number of carbonyl (C=O) groups excluding carboxylic acids is 4. The minimum atomic E-state index is -4.64. The van der Waals surface area contributed by atoms with Crippen LogP contribution < -0.4 is 10.2 Å². The molecule has 5 rings (SSSR count). The molecular formula is C33H34F3N5O5. The maximum Gasteiger partial charge on any atom is 0.416 e. The summed E-state index contributed by atoms with van der Waals surface area (Å²) in [5, 5.41) is 12.6. The molecule has 1 N–H and O–H groups in total. The largest absolute Gasteiger partial charge is 0.444 e. The third kappa shape index (κ3) is 6.42. The number of nitrogens with zero attached hydrogens (tertiary/aromatic N) is 4. The molecule has 2 aliphatic heterocycles. The van der Waals surface area contributed by atoms with Crippen molar-refractivity contribution >= 4 is 29.5 Å². The number of ketones is 1. The van der Waals surface area contributed by atoms with E-state index in [9.17, 15) is 37.6 Å². The molecule has 4 amide bonds. The number of ether oxygens (including phenoxy) is 1. The molecule has 3 aliphatic rings. The van der Waals surface area contributed by atoms with Crippen molar-refractivity contribution in [1.82, 2.24) is 15.1 Å². The van der Waals surface area contributed by atoms with Crippen LogP contribution in [0.3, 0.4) is 0 Å². The van der Waals surface area contributed by atoms with Crippen LogP contribution in [-0.4, -0.2) is 65.4 Å². The van der Waals surface area contributed by atoms with Crippen molar-refractivity contribution in [3.63, 3.8) is 0 Å². The lowest BCUT2D eigenvalue weighted by molar-refractivity contribution is -0.137. The molecule has 1 saturated heterocycles. The van der Waals surface area contributed by atoms with Crippen LogP contribution >= 0.6 is 0 Å². The number of hydrogen-bond donors (Lipinski definition) is 1. The molecular weight excluding hydrogens is 603 g/mol. The van der Waals surface area contributed by atoms with E-state index >= 15 is 0 Å². The van der Waals surface area contributed by atoms with Gasteiger partial charge in [0.2, 0.25) is 0 Å². The summed E-state index contributed by atoms with van der Waals surface area (Å²) in [7, 11) is 1.43. The van der Waals surface area contributed by atoms with Crippen molar-refractivity contribution < 1.29 is 37.1 Å². The summed E-state index contributed by atoms with van der Waals surface area (Å²) in [6.45, 7) is 6.07. The summed E-state index contributed by atoms with van der Waals surface area (Å²) in [5.41, 5.74) is -0.511. The van der Waals surface area contributed by atoms with Gasteiger partial charge in [-0.2, -0.15) is 18.4 Å². The first-order valence-corrected chi connectivity index (χ1v) is 14.9. The van der Waals surface area contributed by atoms with Crippen molar-refractivity contribution in [3.05, 3.63) is 76.0 Å². The third-order valence-electron chi connectivity index (χ3n) is 8.26. The minimum Gasteiger partial charge on any atom is -0.444 e. The van der Waals surface area contributed by atoms with Gasteiger partial charge in [-0.1, -0.05) is 12.1 Å². The van der Waals surface area contributed by atoms with Gasteiger partial charge in [0.1, 0.15) is 5.60 Å². The Morgan fingerprint density at radius 2 is 1.72 bits per heavy atom. The maximum absolute atomic E-state index is 13.8. The number of nitriles is 1. The Bertz CT molecular complexity index is 1660. The van der Waals surface area contributed by atoms with E-state index in [0.29, 0.717) is 31.5 Å². The monoisotopic (exact) mass is 637 g/mol. The van der Waals surface area contributed by atoms with Crippen molar-refractivity contribution in [1.29, 1.82) is 5.26 Å². The van der Waals surface area contributed by atoms with E-state index in [1.165, 1.54) is 42.3 Å². The summed E-state index contributed by atoms with van der Waals surface area (Å²) < 4.78 is 46.0. The minimum absolute atomic E-state index is 0.0251. The van der Waals surface area contributed by atoms with E-state index in [2.05, 4.69) is 5.32 Å². The van der Waals surface area contributed by atoms with Gasteiger partial charge in [0.15, 0.2) is 5.78 Å². The average molecular weight is 638 g/mol. The SMILES string of the molecule is CN1C(=O)N(c2cccc(C(F)(F)F)c2)C2=C(C(=O)CC2)C1c1ccc(C#N)cc1C(=O)NC1CCN(C(=O)OC(C)(C)C)CC1. The number of Topliss-reactive ketones (excluding diaryl/α,β-unsaturated/α-hetero) is 1. The topological polar surface area (TPSA) is 123 Å². The second-order valence-corrected chi connectivity index (χ2v) is 12.6. The number of amides is 4. The lowest BCUT2D eigenvalue weighted by atomic mass is 9.88. The van der Waals surface area contributed by atoms with Crippen LogP contribution in [0.2, 0.25) is 0 Å². The molecule has 0 aromatic heterocycles. The van der Waals surface area contributed by atoms with Crippen molar-refractivity contribution in [3.8, 4) is 6.07 Å². The van der Waals surface area contributed by atoms with Crippen LogP contribution in [0.4, 0.5) is 28.4 Å². The molecule has 13 heteroatoms. The second kappa shape index (κ2) is 12.2. The Labute approximate surface area is 264 Å². The van der Waals surface area contributed by atoms with Crippen LogP contribution in [0, 0.1) is 11.3 Å². The Morgan fingerprint density at radius 1 is 1.02 bits per heavy atom. The van der Waals surface area contributed by atoms with Gasteiger partial charge in [-0.3, -0.25) is 14.5 Å². The molecule has 1 unspecified atom stereocenters. The summed E-state index contributed by atoms with van der Waals surface area (Å²) in [6.07, 6.45) is -3.97. The number of likely N-dealkylation sites (tertiary alicyclic amines) is 1. The number of urea groups is 1. The van der Waals surface area contributed by atoms with E-state index in [4.69, 9.17) is 4.74 Å². The third-order valence-corrected chi connectivity index (χ3v) is 8.26. The zero-order valence-corrected chi connectivity index (χ0v) is 25.9. The van der Waals surface area contributed by atoms with Gasteiger partial charge in [-0.15, -0.1) is 0 Å². The molecule has 0 bridgehead atoms. The Kier molecular flexibility index (Phi) is 8.59. The summed E-state index contributed by atoms with van der Waals surface area (Å²) in [4.78, 5) is 57.4. The van der Waals surface area contributed by atoms with Crippen molar-refractivity contribution in [2.75, 3.05) is 25.0 Å². The number of alkyl halides is 3. The number of rotatable bonds is 4. The Balaban J connectivity index is 1.46. The zero-order chi connectivity index (χ0) is 33.6. The number of halogens is 3. The van der Waals surface area contributed by atoms with Crippen LogP contribution in [0.1, 0.15) is 79.5 Å². The molecule has 1 fully saturated rings. The summed E-state index contributed by atoms with van der Waals surface area (Å²) in [6, 6.07) is 8.82. The second-order valence-electron chi connectivity index (χ2n) is 12.6. The fraction of sp³-hybridized carbons (Fsp3) is 0.424. The number of nitrogens with one attached hydrogen (secondary N) is 1. The number of piperidine rings is 1. The fourth-order valence-electron chi connectivity index (χ4n) is 6.09. The Hall–Kier alpha value is -4.86. The first kappa shape index (κ1) is 32.5. The fourth-order valence-corrected chi connectivity index (χ4v) is 6.09. The van der Waals surface area contributed by atoms with Crippen molar-refractivity contribution in [2.45, 2.75) is 70.3 Å². The van der Waals surface area contributed by atoms with Gasteiger partial charge in [-0.25, -0.2) is 9.59 Å². The maximum atomic E-state index is 13.8. The quantitative estimate of drug-likeness (QED) is 0.443. The highest BCUT2D eigenvalue weighted by molar-refractivity contribution is 6.09. The smallest absolute Gasteiger partial charge is 0.416 e. The van der Waals surface area contributed by atoms with Gasteiger partial charge < -0.3 is 19.9 Å². The first-order chi connectivity index (χ1) is 21.6. The van der Waals surface area contributed by atoms with Crippen molar-refractivity contribution in [2.24, 2.45) is 0 Å². The molecule has 0 spiro atoms. The highest BCUT2D eigenvalue weighted by Crippen LogP contribution is 2.45. The standard InChI is InChI=1S/C33H34F3N5O5/c1-32(2,3)46-31(45)40-14-12-21(13-15-40)38-29(43)24-16-19(18-37)8-9-23(24)28-27-25(10-11-26(27)42)41(30(44)39(28)4)22-7-5-6-20(17-22)33(34,35)36/h5-9,16-17,21,28H,10-15H2,1-4H3,(H,38,43). The van der Waals surface area contributed by atoms with Crippen LogP contribution in [0.15, 0.2) is 53.7 Å². The molecule has 1 atom stereocenters. The van der Waals surface area contributed by atoms with Gasteiger partial charge in [-0.05, 0) is 75.9 Å². The highest BCUT2D eigenvalue weighted by Gasteiger charge is 2.46. The number of carbonyl (C=O) groups is 4. The zero-order valence-electron chi connectivity index (χ0n) is 25.9. The highest BCUT2D eigenvalue weighted by atomic mass is 19.4. The molecule has 46 heavy (non-hydrogen) atoms. The number of hydrogen-bond acceptors (Lipinski definition) is 6.